The van der Waals surface area contributed by atoms with Crippen molar-refractivity contribution in [1.29, 1.82) is 0 Å². The first-order chi connectivity index (χ1) is 8.95. The number of aromatic nitrogens is 1. The zero-order valence-electron chi connectivity index (χ0n) is 12.9. The minimum absolute atomic E-state index is 0.00184. The molecule has 0 saturated carbocycles. The number of hydrogen-bond donors (Lipinski definition) is 1. The first kappa shape index (κ1) is 15.9. The lowest BCUT2D eigenvalue weighted by atomic mass is 10.1. The monoisotopic (exact) mass is 265 g/mol. The highest BCUT2D eigenvalue weighted by Gasteiger charge is 2.21. The van der Waals surface area contributed by atoms with Crippen molar-refractivity contribution in [2.24, 2.45) is 0 Å². The van der Waals surface area contributed by atoms with Crippen molar-refractivity contribution in [2.45, 2.75) is 39.3 Å². The number of pyridine rings is 1. The van der Waals surface area contributed by atoms with Crippen LogP contribution in [-0.4, -0.2) is 42.7 Å². The van der Waals surface area contributed by atoms with E-state index in [1.165, 1.54) is 0 Å². The SMILES string of the molecule is CCCNCc1cccc(OCC(C)(C)N(C)C)n1. The van der Waals surface area contributed by atoms with Crippen LogP contribution in [0.4, 0.5) is 0 Å². The van der Waals surface area contributed by atoms with Crippen molar-refractivity contribution >= 4 is 0 Å². The molecule has 1 N–H and O–H groups in total. The first-order valence-electron chi connectivity index (χ1n) is 6.92. The van der Waals surface area contributed by atoms with Crippen LogP contribution in [0.1, 0.15) is 32.9 Å². The van der Waals surface area contributed by atoms with Crippen LogP contribution in [-0.2, 0) is 6.54 Å². The predicted molar refractivity (Wildman–Crippen MR) is 79.5 cm³/mol. The summed E-state index contributed by atoms with van der Waals surface area (Å²) in [6, 6.07) is 5.93. The zero-order valence-corrected chi connectivity index (χ0v) is 12.9. The quantitative estimate of drug-likeness (QED) is 0.732. The van der Waals surface area contributed by atoms with E-state index in [1.807, 2.05) is 18.2 Å². The summed E-state index contributed by atoms with van der Waals surface area (Å²) < 4.78 is 5.80. The van der Waals surface area contributed by atoms with Gasteiger partial charge in [0, 0.05) is 18.2 Å². The molecular weight excluding hydrogens is 238 g/mol. The summed E-state index contributed by atoms with van der Waals surface area (Å²) in [6.45, 7) is 8.89. The van der Waals surface area contributed by atoms with E-state index in [2.05, 4.69) is 50.1 Å². The Bertz CT molecular complexity index is 377. The van der Waals surface area contributed by atoms with Crippen LogP contribution in [0.5, 0.6) is 5.88 Å². The van der Waals surface area contributed by atoms with Gasteiger partial charge in [-0.15, -0.1) is 0 Å². The normalized spacial score (nSPS) is 11.9. The van der Waals surface area contributed by atoms with E-state index in [1.54, 1.807) is 0 Å². The number of likely N-dealkylation sites (N-methyl/N-ethyl adjacent to an activating group) is 1. The highest BCUT2D eigenvalue weighted by molar-refractivity contribution is 5.16. The molecule has 0 unspecified atom stereocenters. The fourth-order valence-corrected chi connectivity index (χ4v) is 1.41. The molecule has 4 heteroatoms. The molecule has 0 amide bonds. The van der Waals surface area contributed by atoms with Gasteiger partial charge in [0.05, 0.1) is 5.69 Å². The fourth-order valence-electron chi connectivity index (χ4n) is 1.41. The summed E-state index contributed by atoms with van der Waals surface area (Å²) in [4.78, 5) is 6.66. The van der Waals surface area contributed by atoms with E-state index >= 15 is 0 Å². The predicted octanol–water partition coefficient (Wildman–Crippen LogP) is 2.30. The minimum Gasteiger partial charge on any atom is -0.476 e. The molecule has 0 fully saturated rings. The molecule has 0 bridgehead atoms. The Morgan fingerprint density at radius 3 is 2.68 bits per heavy atom. The van der Waals surface area contributed by atoms with E-state index in [-0.39, 0.29) is 5.54 Å². The van der Waals surface area contributed by atoms with Gasteiger partial charge in [-0.2, -0.15) is 0 Å². The molecule has 108 valence electrons. The second-order valence-electron chi connectivity index (χ2n) is 5.64. The van der Waals surface area contributed by atoms with Crippen LogP contribution in [0.15, 0.2) is 18.2 Å². The van der Waals surface area contributed by atoms with Gasteiger partial charge in [-0.05, 0) is 47.0 Å². The fraction of sp³-hybridized carbons (Fsp3) is 0.667. The van der Waals surface area contributed by atoms with Crippen LogP contribution in [0.3, 0.4) is 0 Å². The molecule has 1 heterocycles. The van der Waals surface area contributed by atoms with Gasteiger partial charge in [0.1, 0.15) is 6.61 Å². The summed E-state index contributed by atoms with van der Waals surface area (Å²) in [7, 11) is 4.11. The van der Waals surface area contributed by atoms with Gasteiger partial charge in [0.15, 0.2) is 0 Å². The van der Waals surface area contributed by atoms with E-state index in [4.69, 9.17) is 4.74 Å². The van der Waals surface area contributed by atoms with E-state index in [9.17, 15) is 0 Å². The third-order valence-corrected chi connectivity index (χ3v) is 3.30. The maximum atomic E-state index is 5.80. The molecule has 1 rings (SSSR count). The third-order valence-electron chi connectivity index (χ3n) is 3.30. The second-order valence-corrected chi connectivity index (χ2v) is 5.64. The molecule has 19 heavy (non-hydrogen) atoms. The van der Waals surface area contributed by atoms with E-state index in [0.717, 1.165) is 25.2 Å². The molecule has 0 aromatic carbocycles. The first-order valence-corrected chi connectivity index (χ1v) is 6.92. The van der Waals surface area contributed by atoms with Crippen molar-refractivity contribution < 1.29 is 4.74 Å². The average molecular weight is 265 g/mol. The number of hydrogen-bond acceptors (Lipinski definition) is 4. The van der Waals surface area contributed by atoms with Gasteiger partial charge in [-0.3, -0.25) is 0 Å². The highest BCUT2D eigenvalue weighted by atomic mass is 16.5. The van der Waals surface area contributed by atoms with Crippen LogP contribution in [0.2, 0.25) is 0 Å². The Morgan fingerprint density at radius 1 is 1.32 bits per heavy atom. The van der Waals surface area contributed by atoms with Crippen molar-refractivity contribution in [1.82, 2.24) is 15.2 Å². The number of ether oxygens (including phenoxy) is 1. The van der Waals surface area contributed by atoms with Crippen molar-refractivity contribution in [3.63, 3.8) is 0 Å². The minimum atomic E-state index is -0.00184. The molecule has 1 aromatic rings. The van der Waals surface area contributed by atoms with Crippen molar-refractivity contribution in [2.75, 3.05) is 27.2 Å². The number of nitrogens with zero attached hydrogens (tertiary/aromatic N) is 2. The molecule has 0 spiro atoms. The van der Waals surface area contributed by atoms with Gasteiger partial charge >= 0.3 is 0 Å². The van der Waals surface area contributed by atoms with Gasteiger partial charge in [0.25, 0.3) is 0 Å². The van der Waals surface area contributed by atoms with Gasteiger partial charge < -0.3 is 15.0 Å². The molecule has 0 saturated heterocycles. The topological polar surface area (TPSA) is 37.4 Å². The van der Waals surface area contributed by atoms with Crippen LogP contribution in [0.25, 0.3) is 0 Å². The lowest BCUT2D eigenvalue weighted by Crippen LogP contribution is -2.43. The maximum Gasteiger partial charge on any atom is 0.213 e. The Labute approximate surface area is 117 Å². The van der Waals surface area contributed by atoms with Crippen molar-refractivity contribution in [3.8, 4) is 5.88 Å². The summed E-state index contributed by atoms with van der Waals surface area (Å²) in [5.74, 6) is 0.700. The standard InChI is InChI=1S/C15H27N3O/c1-6-10-16-11-13-8-7-9-14(17-13)19-12-15(2,3)18(4)5/h7-9,16H,6,10-12H2,1-5H3. The van der Waals surface area contributed by atoms with Gasteiger partial charge in [0.2, 0.25) is 5.88 Å². The number of nitrogens with one attached hydrogen (secondary N) is 1. The van der Waals surface area contributed by atoms with E-state index < -0.39 is 0 Å². The van der Waals surface area contributed by atoms with Crippen LogP contribution < -0.4 is 10.1 Å². The van der Waals surface area contributed by atoms with Crippen LogP contribution >= 0.6 is 0 Å². The molecule has 0 aliphatic carbocycles. The zero-order chi connectivity index (χ0) is 14.3. The Balaban J connectivity index is 2.52. The Kier molecular flexibility index (Phi) is 6.25. The van der Waals surface area contributed by atoms with E-state index in [0.29, 0.717) is 12.5 Å². The summed E-state index contributed by atoms with van der Waals surface area (Å²) in [6.07, 6.45) is 1.13. The summed E-state index contributed by atoms with van der Waals surface area (Å²) in [5.41, 5.74) is 1.02. The molecule has 1 aromatic heterocycles. The molecule has 4 nitrogen and oxygen atoms in total. The molecular formula is C15H27N3O. The second kappa shape index (κ2) is 7.46. The molecule has 0 aliphatic rings. The Hall–Kier alpha value is -1.13. The summed E-state index contributed by atoms with van der Waals surface area (Å²) >= 11 is 0. The largest absolute Gasteiger partial charge is 0.476 e. The smallest absolute Gasteiger partial charge is 0.213 e. The molecule has 0 atom stereocenters. The average Bonchev–Trinajstić information content (AvgIpc) is 2.37. The lowest BCUT2D eigenvalue weighted by molar-refractivity contribution is 0.111. The Morgan fingerprint density at radius 2 is 2.05 bits per heavy atom. The maximum absolute atomic E-state index is 5.80. The highest BCUT2D eigenvalue weighted by Crippen LogP contribution is 2.14. The van der Waals surface area contributed by atoms with Crippen molar-refractivity contribution in [3.05, 3.63) is 23.9 Å². The third kappa shape index (κ3) is 5.57. The molecule has 0 aliphatic heterocycles. The van der Waals surface area contributed by atoms with Gasteiger partial charge in [-0.25, -0.2) is 4.98 Å². The van der Waals surface area contributed by atoms with Gasteiger partial charge in [-0.1, -0.05) is 13.0 Å². The summed E-state index contributed by atoms with van der Waals surface area (Å²) in [5, 5.41) is 3.34. The van der Waals surface area contributed by atoms with Crippen LogP contribution in [0, 0.1) is 0 Å². The molecule has 0 radical (unpaired) electrons. The lowest BCUT2D eigenvalue weighted by Gasteiger charge is -2.31. The number of rotatable bonds is 8.